The van der Waals surface area contributed by atoms with Crippen LogP contribution >= 0.6 is 11.6 Å². The third kappa shape index (κ3) is 4.53. The first-order valence-corrected chi connectivity index (χ1v) is 7.69. The Morgan fingerprint density at radius 3 is 2.50 bits per heavy atom. The molecule has 0 bridgehead atoms. The van der Waals surface area contributed by atoms with Gasteiger partial charge in [0.2, 0.25) is 0 Å². The van der Waals surface area contributed by atoms with E-state index in [1.807, 2.05) is 20.8 Å². The van der Waals surface area contributed by atoms with E-state index in [4.69, 9.17) is 16.3 Å². The lowest BCUT2D eigenvalue weighted by atomic mass is 9.89. The molecular formula is C15H21ClFN3O2. The lowest BCUT2D eigenvalue weighted by Crippen LogP contribution is -2.47. The first-order valence-electron chi connectivity index (χ1n) is 7.31. The zero-order chi connectivity index (χ0) is 16.4. The number of ether oxygens (including phenoxy) is 1. The van der Waals surface area contributed by atoms with Gasteiger partial charge >= 0.3 is 6.09 Å². The minimum Gasteiger partial charge on any atom is -0.444 e. The largest absolute Gasteiger partial charge is 0.444 e. The molecule has 122 valence electrons. The highest BCUT2D eigenvalue weighted by atomic mass is 35.5. The molecule has 0 aliphatic carbocycles. The highest BCUT2D eigenvalue weighted by molar-refractivity contribution is 6.29. The summed E-state index contributed by atoms with van der Waals surface area (Å²) in [4.78, 5) is 21.5. The van der Waals surface area contributed by atoms with Crippen LogP contribution in [0.1, 0.15) is 39.3 Å². The molecule has 2 rings (SSSR count). The van der Waals surface area contributed by atoms with E-state index in [9.17, 15) is 9.18 Å². The predicted molar refractivity (Wildman–Crippen MR) is 81.6 cm³/mol. The number of carbonyl (C=O) groups excluding carboxylic acids is 1. The minimum atomic E-state index is -1.42. The van der Waals surface area contributed by atoms with Crippen molar-refractivity contribution in [2.45, 2.75) is 51.3 Å². The van der Waals surface area contributed by atoms with Crippen LogP contribution in [0.3, 0.4) is 0 Å². The number of piperidine rings is 1. The minimum absolute atomic E-state index is 0.113. The molecule has 0 radical (unpaired) electrons. The van der Waals surface area contributed by atoms with E-state index in [0.29, 0.717) is 18.8 Å². The number of halogens is 2. The van der Waals surface area contributed by atoms with Crippen LogP contribution in [0.4, 0.5) is 9.18 Å². The van der Waals surface area contributed by atoms with Gasteiger partial charge in [-0.2, -0.15) is 0 Å². The Bertz CT molecular complexity index is 540. The standard InChI is InChI=1S/C15H21ClFN3O2/c1-14(2,3)22-13(21)20-8-4-15(17,5-9-20)10-11-12(16)19-7-6-18-11/h6-7H,4-5,8-10H2,1-3H3. The van der Waals surface area contributed by atoms with Gasteiger partial charge in [-0.1, -0.05) is 11.6 Å². The van der Waals surface area contributed by atoms with E-state index in [1.165, 1.54) is 12.4 Å². The molecule has 0 atom stereocenters. The summed E-state index contributed by atoms with van der Waals surface area (Å²) in [6, 6.07) is 0. The van der Waals surface area contributed by atoms with E-state index >= 15 is 0 Å². The van der Waals surface area contributed by atoms with Gasteiger partial charge in [0.05, 0.1) is 5.69 Å². The number of rotatable bonds is 2. The lowest BCUT2D eigenvalue weighted by molar-refractivity contribution is 0.00321. The van der Waals surface area contributed by atoms with Crippen molar-refractivity contribution in [3.05, 3.63) is 23.2 Å². The second-order valence-corrected chi connectivity index (χ2v) is 6.95. The molecule has 5 nitrogen and oxygen atoms in total. The van der Waals surface area contributed by atoms with Crippen LogP contribution in [-0.2, 0) is 11.2 Å². The molecule has 1 aliphatic heterocycles. The van der Waals surface area contributed by atoms with Gasteiger partial charge in [-0.25, -0.2) is 14.2 Å². The molecule has 1 aromatic heterocycles. The zero-order valence-corrected chi connectivity index (χ0v) is 13.9. The van der Waals surface area contributed by atoms with Crippen molar-refractivity contribution in [2.75, 3.05) is 13.1 Å². The van der Waals surface area contributed by atoms with Gasteiger partial charge in [0, 0.05) is 31.9 Å². The van der Waals surface area contributed by atoms with Crippen LogP contribution in [-0.4, -0.2) is 45.3 Å². The van der Waals surface area contributed by atoms with Gasteiger partial charge in [0.1, 0.15) is 11.3 Å². The summed E-state index contributed by atoms with van der Waals surface area (Å²) in [7, 11) is 0. The second kappa shape index (κ2) is 6.36. The summed E-state index contributed by atoms with van der Waals surface area (Å²) in [5.74, 6) is 0. The van der Waals surface area contributed by atoms with Crippen LogP contribution in [0.25, 0.3) is 0 Å². The van der Waals surface area contributed by atoms with E-state index in [1.54, 1.807) is 4.90 Å². The third-order valence-corrected chi connectivity index (χ3v) is 3.83. The van der Waals surface area contributed by atoms with E-state index < -0.39 is 17.4 Å². The maximum absolute atomic E-state index is 14.9. The van der Waals surface area contributed by atoms with Crippen molar-refractivity contribution < 1.29 is 13.9 Å². The fourth-order valence-electron chi connectivity index (χ4n) is 2.36. The normalized spacial score (nSPS) is 18.1. The van der Waals surface area contributed by atoms with Crippen LogP contribution < -0.4 is 0 Å². The number of hydrogen-bond acceptors (Lipinski definition) is 4. The highest BCUT2D eigenvalue weighted by Crippen LogP contribution is 2.31. The average Bonchev–Trinajstić information content (AvgIpc) is 2.40. The van der Waals surface area contributed by atoms with Gasteiger partial charge in [0.25, 0.3) is 0 Å². The van der Waals surface area contributed by atoms with Gasteiger partial charge in [0.15, 0.2) is 5.15 Å². The van der Waals surface area contributed by atoms with E-state index in [2.05, 4.69) is 9.97 Å². The summed E-state index contributed by atoms with van der Waals surface area (Å²) < 4.78 is 20.2. The SMILES string of the molecule is CC(C)(C)OC(=O)N1CCC(F)(Cc2nccnc2Cl)CC1. The Hall–Kier alpha value is -1.43. The van der Waals surface area contributed by atoms with Crippen molar-refractivity contribution in [1.82, 2.24) is 14.9 Å². The number of carbonyl (C=O) groups is 1. The molecule has 7 heteroatoms. The molecule has 1 amide bonds. The van der Waals surface area contributed by atoms with Crippen molar-refractivity contribution >= 4 is 17.7 Å². The van der Waals surface area contributed by atoms with Crippen LogP contribution in [0.5, 0.6) is 0 Å². The summed E-state index contributed by atoms with van der Waals surface area (Å²) >= 11 is 5.93. The Morgan fingerprint density at radius 2 is 1.95 bits per heavy atom. The van der Waals surface area contributed by atoms with Crippen molar-refractivity contribution in [3.63, 3.8) is 0 Å². The molecular weight excluding hydrogens is 309 g/mol. The summed E-state index contributed by atoms with van der Waals surface area (Å²) in [6.07, 6.45) is 3.16. The molecule has 0 saturated carbocycles. The molecule has 0 unspecified atom stereocenters. The first-order chi connectivity index (χ1) is 10.2. The first kappa shape index (κ1) is 16.9. The van der Waals surface area contributed by atoms with Gasteiger partial charge in [-0.05, 0) is 33.6 Å². The molecule has 0 spiro atoms. The number of aromatic nitrogens is 2. The maximum atomic E-state index is 14.9. The number of hydrogen-bond donors (Lipinski definition) is 0. The summed E-state index contributed by atoms with van der Waals surface area (Å²) in [5, 5.41) is 0.231. The molecule has 2 heterocycles. The Balaban J connectivity index is 1.93. The number of nitrogens with zero attached hydrogens (tertiary/aromatic N) is 3. The smallest absolute Gasteiger partial charge is 0.410 e. The van der Waals surface area contributed by atoms with E-state index in [-0.39, 0.29) is 24.4 Å². The molecule has 22 heavy (non-hydrogen) atoms. The summed E-state index contributed by atoms with van der Waals surface area (Å²) in [5.41, 5.74) is -1.51. The Kier molecular flexibility index (Phi) is 4.90. The van der Waals surface area contributed by atoms with Crippen LogP contribution in [0.2, 0.25) is 5.15 Å². The monoisotopic (exact) mass is 329 g/mol. The van der Waals surface area contributed by atoms with E-state index in [0.717, 1.165) is 0 Å². The topological polar surface area (TPSA) is 55.3 Å². The molecule has 1 aliphatic rings. The molecule has 1 aromatic rings. The van der Waals surface area contributed by atoms with Gasteiger partial charge < -0.3 is 9.64 Å². The van der Waals surface area contributed by atoms with Crippen LogP contribution in [0, 0.1) is 0 Å². The quantitative estimate of drug-likeness (QED) is 0.834. The van der Waals surface area contributed by atoms with Gasteiger partial charge in [-0.3, -0.25) is 4.98 Å². The molecule has 1 saturated heterocycles. The average molecular weight is 330 g/mol. The predicted octanol–water partition coefficient (Wildman–Crippen LogP) is 3.41. The molecule has 0 aromatic carbocycles. The van der Waals surface area contributed by atoms with Crippen molar-refractivity contribution in [1.29, 1.82) is 0 Å². The second-order valence-electron chi connectivity index (χ2n) is 6.59. The Morgan fingerprint density at radius 1 is 1.36 bits per heavy atom. The molecule has 1 fully saturated rings. The third-order valence-electron chi connectivity index (χ3n) is 3.52. The van der Waals surface area contributed by atoms with Crippen molar-refractivity contribution in [2.24, 2.45) is 0 Å². The van der Waals surface area contributed by atoms with Gasteiger partial charge in [-0.15, -0.1) is 0 Å². The fourth-order valence-corrected chi connectivity index (χ4v) is 2.53. The number of likely N-dealkylation sites (tertiary alicyclic amines) is 1. The van der Waals surface area contributed by atoms with Crippen LogP contribution in [0.15, 0.2) is 12.4 Å². The van der Waals surface area contributed by atoms with Crippen molar-refractivity contribution in [3.8, 4) is 0 Å². The summed E-state index contributed by atoms with van der Waals surface area (Å²) in [6.45, 7) is 6.08. The zero-order valence-electron chi connectivity index (χ0n) is 13.1. The lowest BCUT2D eigenvalue weighted by Gasteiger charge is -2.37. The Labute approximate surface area is 134 Å². The maximum Gasteiger partial charge on any atom is 0.410 e. The number of amides is 1. The highest BCUT2D eigenvalue weighted by Gasteiger charge is 2.38. The molecule has 0 N–H and O–H groups in total. The fraction of sp³-hybridized carbons (Fsp3) is 0.667. The number of alkyl halides is 1.